The standard InChI is InChI=1S/C15H13BrN2/c1-10-6-7-14(11(2)8-10)18-15-5-3-4-13(16)12(15)9-17/h3-8,18H,1-2H3. The molecule has 0 fully saturated rings. The van der Waals surface area contributed by atoms with Crippen molar-refractivity contribution in [3.63, 3.8) is 0 Å². The smallest absolute Gasteiger partial charge is 0.103 e. The molecule has 2 rings (SSSR count). The summed E-state index contributed by atoms with van der Waals surface area (Å²) in [5, 5.41) is 12.5. The summed E-state index contributed by atoms with van der Waals surface area (Å²) in [5.41, 5.74) is 4.86. The molecule has 0 unspecified atom stereocenters. The SMILES string of the molecule is Cc1ccc(Nc2cccc(Br)c2C#N)c(C)c1. The minimum atomic E-state index is 0.623. The molecule has 2 nitrogen and oxygen atoms in total. The number of anilines is 2. The van der Waals surface area contributed by atoms with Crippen molar-refractivity contribution in [3.05, 3.63) is 57.6 Å². The summed E-state index contributed by atoms with van der Waals surface area (Å²) in [6, 6.07) is 14.1. The lowest BCUT2D eigenvalue weighted by Gasteiger charge is -2.12. The average Bonchev–Trinajstić information content (AvgIpc) is 2.33. The molecule has 90 valence electrons. The molecule has 0 aromatic heterocycles. The maximum absolute atomic E-state index is 9.17. The predicted octanol–water partition coefficient (Wildman–Crippen LogP) is 4.68. The highest BCUT2D eigenvalue weighted by Gasteiger charge is 2.07. The zero-order chi connectivity index (χ0) is 13.1. The molecule has 2 aromatic carbocycles. The van der Waals surface area contributed by atoms with E-state index in [2.05, 4.69) is 53.3 Å². The van der Waals surface area contributed by atoms with Crippen LogP contribution in [-0.2, 0) is 0 Å². The second kappa shape index (κ2) is 5.24. The molecule has 0 aliphatic heterocycles. The van der Waals surface area contributed by atoms with Crippen LogP contribution in [0.1, 0.15) is 16.7 Å². The molecule has 18 heavy (non-hydrogen) atoms. The van der Waals surface area contributed by atoms with Gasteiger partial charge in [0.2, 0.25) is 0 Å². The number of nitriles is 1. The summed E-state index contributed by atoms with van der Waals surface area (Å²) in [6.07, 6.45) is 0. The minimum absolute atomic E-state index is 0.623. The van der Waals surface area contributed by atoms with Crippen LogP contribution in [0.4, 0.5) is 11.4 Å². The van der Waals surface area contributed by atoms with Crippen molar-refractivity contribution in [2.45, 2.75) is 13.8 Å². The monoisotopic (exact) mass is 300 g/mol. The summed E-state index contributed by atoms with van der Waals surface area (Å²) in [7, 11) is 0. The maximum atomic E-state index is 9.17. The summed E-state index contributed by atoms with van der Waals surface area (Å²) in [5.74, 6) is 0. The Morgan fingerprint density at radius 1 is 1.11 bits per heavy atom. The molecule has 0 saturated heterocycles. The quantitative estimate of drug-likeness (QED) is 0.874. The molecule has 0 spiro atoms. The van der Waals surface area contributed by atoms with E-state index in [9.17, 15) is 5.26 Å². The van der Waals surface area contributed by atoms with Crippen LogP contribution >= 0.6 is 15.9 Å². The number of benzene rings is 2. The van der Waals surface area contributed by atoms with Crippen LogP contribution in [0.2, 0.25) is 0 Å². The third-order valence-corrected chi connectivity index (χ3v) is 3.44. The van der Waals surface area contributed by atoms with Crippen LogP contribution in [0, 0.1) is 25.2 Å². The Hall–Kier alpha value is -1.79. The van der Waals surface area contributed by atoms with Crippen LogP contribution in [0.25, 0.3) is 0 Å². The highest BCUT2D eigenvalue weighted by atomic mass is 79.9. The zero-order valence-electron chi connectivity index (χ0n) is 10.3. The van der Waals surface area contributed by atoms with E-state index >= 15 is 0 Å². The van der Waals surface area contributed by atoms with Crippen LogP contribution in [0.15, 0.2) is 40.9 Å². The molecule has 0 atom stereocenters. The van der Waals surface area contributed by atoms with Gasteiger partial charge in [0.15, 0.2) is 0 Å². The van der Waals surface area contributed by atoms with Crippen molar-refractivity contribution < 1.29 is 0 Å². The summed E-state index contributed by atoms with van der Waals surface area (Å²) in [4.78, 5) is 0. The van der Waals surface area contributed by atoms with Gasteiger partial charge in [-0.3, -0.25) is 0 Å². The number of nitrogens with zero attached hydrogens (tertiary/aromatic N) is 1. The summed E-state index contributed by atoms with van der Waals surface area (Å²) in [6.45, 7) is 4.12. The average molecular weight is 301 g/mol. The molecule has 0 bridgehead atoms. The molecule has 0 saturated carbocycles. The normalized spacial score (nSPS) is 9.89. The van der Waals surface area contributed by atoms with Crippen molar-refractivity contribution >= 4 is 27.3 Å². The highest BCUT2D eigenvalue weighted by molar-refractivity contribution is 9.10. The molecule has 0 radical (unpaired) electrons. The van der Waals surface area contributed by atoms with E-state index in [-0.39, 0.29) is 0 Å². The first kappa shape index (κ1) is 12.7. The molecule has 0 amide bonds. The number of nitrogens with one attached hydrogen (secondary N) is 1. The zero-order valence-corrected chi connectivity index (χ0v) is 11.9. The topological polar surface area (TPSA) is 35.8 Å². The Balaban J connectivity index is 2.41. The highest BCUT2D eigenvalue weighted by Crippen LogP contribution is 2.28. The Labute approximate surface area is 115 Å². The van der Waals surface area contributed by atoms with Gasteiger partial charge in [-0.2, -0.15) is 5.26 Å². The Kier molecular flexibility index (Phi) is 3.69. The van der Waals surface area contributed by atoms with Crippen LogP contribution in [0.5, 0.6) is 0 Å². The van der Waals surface area contributed by atoms with Crippen molar-refractivity contribution in [2.24, 2.45) is 0 Å². The molecule has 3 heteroatoms. The van der Waals surface area contributed by atoms with Gasteiger partial charge >= 0.3 is 0 Å². The van der Waals surface area contributed by atoms with Gasteiger partial charge in [0.1, 0.15) is 6.07 Å². The molecule has 0 aliphatic rings. The van der Waals surface area contributed by atoms with Gasteiger partial charge in [0, 0.05) is 10.2 Å². The second-order valence-electron chi connectivity index (χ2n) is 4.22. The lowest BCUT2D eigenvalue weighted by atomic mass is 10.1. The number of rotatable bonds is 2. The number of aryl methyl sites for hydroxylation is 2. The first-order chi connectivity index (χ1) is 8.61. The van der Waals surface area contributed by atoms with Crippen LogP contribution in [0.3, 0.4) is 0 Å². The Morgan fingerprint density at radius 3 is 2.56 bits per heavy atom. The predicted molar refractivity (Wildman–Crippen MR) is 78.1 cm³/mol. The van der Waals surface area contributed by atoms with E-state index in [1.807, 2.05) is 24.3 Å². The van der Waals surface area contributed by atoms with Crippen LogP contribution in [-0.4, -0.2) is 0 Å². The van der Waals surface area contributed by atoms with Crippen LogP contribution < -0.4 is 5.32 Å². The van der Waals surface area contributed by atoms with Gasteiger partial charge in [-0.15, -0.1) is 0 Å². The maximum Gasteiger partial charge on any atom is 0.103 e. The van der Waals surface area contributed by atoms with Gasteiger partial charge in [0.25, 0.3) is 0 Å². The number of hydrogen-bond donors (Lipinski definition) is 1. The lowest BCUT2D eigenvalue weighted by molar-refractivity contribution is 1.36. The molecule has 0 aliphatic carbocycles. The first-order valence-electron chi connectivity index (χ1n) is 5.64. The third kappa shape index (κ3) is 2.55. The fourth-order valence-corrected chi connectivity index (χ4v) is 2.30. The van der Waals surface area contributed by atoms with Gasteiger partial charge < -0.3 is 5.32 Å². The van der Waals surface area contributed by atoms with E-state index in [0.717, 1.165) is 15.8 Å². The molecule has 0 heterocycles. The first-order valence-corrected chi connectivity index (χ1v) is 6.44. The van der Waals surface area contributed by atoms with E-state index in [4.69, 9.17) is 0 Å². The molecule has 1 N–H and O–H groups in total. The summed E-state index contributed by atoms with van der Waals surface area (Å²) < 4.78 is 0.805. The fraction of sp³-hybridized carbons (Fsp3) is 0.133. The number of halogens is 1. The minimum Gasteiger partial charge on any atom is -0.354 e. The number of hydrogen-bond acceptors (Lipinski definition) is 2. The van der Waals surface area contributed by atoms with Crippen molar-refractivity contribution in [3.8, 4) is 6.07 Å². The van der Waals surface area contributed by atoms with Gasteiger partial charge in [-0.1, -0.05) is 23.8 Å². The second-order valence-corrected chi connectivity index (χ2v) is 5.07. The third-order valence-electron chi connectivity index (χ3n) is 2.78. The van der Waals surface area contributed by atoms with Crippen molar-refractivity contribution in [1.29, 1.82) is 5.26 Å². The van der Waals surface area contributed by atoms with Gasteiger partial charge in [-0.05, 0) is 53.5 Å². The largest absolute Gasteiger partial charge is 0.354 e. The molecule has 2 aromatic rings. The van der Waals surface area contributed by atoms with Gasteiger partial charge in [-0.25, -0.2) is 0 Å². The molecular formula is C15H13BrN2. The van der Waals surface area contributed by atoms with E-state index in [0.29, 0.717) is 5.56 Å². The fourth-order valence-electron chi connectivity index (χ4n) is 1.84. The molecular weight excluding hydrogens is 288 g/mol. The lowest BCUT2D eigenvalue weighted by Crippen LogP contribution is -1.96. The van der Waals surface area contributed by atoms with E-state index in [1.165, 1.54) is 11.1 Å². The van der Waals surface area contributed by atoms with Crippen molar-refractivity contribution in [1.82, 2.24) is 0 Å². The van der Waals surface area contributed by atoms with E-state index in [1.54, 1.807) is 0 Å². The van der Waals surface area contributed by atoms with Crippen molar-refractivity contribution in [2.75, 3.05) is 5.32 Å². The Bertz CT molecular complexity index is 627. The van der Waals surface area contributed by atoms with E-state index < -0.39 is 0 Å². The summed E-state index contributed by atoms with van der Waals surface area (Å²) >= 11 is 3.39. The van der Waals surface area contributed by atoms with Gasteiger partial charge in [0.05, 0.1) is 11.3 Å². The Morgan fingerprint density at radius 2 is 1.89 bits per heavy atom.